The third kappa shape index (κ3) is 6.92. The van der Waals surface area contributed by atoms with Crippen LogP contribution in [0, 0.1) is 18.6 Å². The van der Waals surface area contributed by atoms with Crippen molar-refractivity contribution in [3.63, 3.8) is 0 Å². The third-order valence-corrected chi connectivity index (χ3v) is 4.86. The fourth-order valence-electron chi connectivity index (χ4n) is 3.52. The molecule has 164 valence electrons. The number of rotatable bonds is 10. The smallest absolute Gasteiger partial charge is 0.307 e. The molecule has 1 atom stereocenters. The molecule has 0 fully saturated rings. The maximum Gasteiger partial charge on any atom is 0.307 e. The molecule has 30 heavy (non-hydrogen) atoms. The Bertz CT molecular complexity index is 871. The lowest BCUT2D eigenvalue weighted by Gasteiger charge is -2.17. The largest absolute Gasteiger partial charge is 0.466 e. The summed E-state index contributed by atoms with van der Waals surface area (Å²) in [5.41, 5.74) is 9.63. The predicted molar refractivity (Wildman–Crippen MR) is 120 cm³/mol. The molecule has 0 amide bonds. The van der Waals surface area contributed by atoms with Gasteiger partial charge in [0.1, 0.15) is 11.6 Å². The van der Waals surface area contributed by atoms with E-state index in [2.05, 4.69) is 6.58 Å². The van der Waals surface area contributed by atoms with Gasteiger partial charge in [0.2, 0.25) is 0 Å². The monoisotopic (exact) mass is 437 g/mol. The van der Waals surface area contributed by atoms with Gasteiger partial charge in [-0.3, -0.25) is 4.79 Å². The number of carbonyl (C=O) groups is 1. The number of unbranched alkanes of at least 4 members (excludes halogenated alkanes) is 2. The van der Waals surface area contributed by atoms with Crippen LogP contribution in [-0.4, -0.2) is 12.6 Å². The SMILES string of the molecule is C=CCCCCc1cc(F)cc(C)c1-c1ccc(F)c([C@@H](N)CC(=O)OCC)c1.Cl. The van der Waals surface area contributed by atoms with E-state index in [1.807, 2.05) is 13.0 Å². The Morgan fingerprint density at radius 3 is 2.63 bits per heavy atom. The van der Waals surface area contributed by atoms with Gasteiger partial charge >= 0.3 is 5.97 Å². The second kappa shape index (κ2) is 12.5. The third-order valence-electron chi connectivity index (χ3n) is 4.86. The second-order valence-corrected chi connectivity index (χ2v) is 7.14. The molecule has 2 aromatic carbocycles. The zero-order valence-electron chi connectivity index (χ0n) is 17.5. The van der Waals surface area contributed by atoms with E-state index in [4.69, 9.17) is 10.5 Å². The van der Waals surface area contributed by atoms with Crippen LogP contribution in [-0.2, 0) is 16.0 Å². The summed E-state index contributed by atoms with van der Waals surface area (Å²) >= 11 is 0. The van der Waals surface area contributed by atoms with Crippen LogP contribution in [0.5, 0.6) is 0 Å². The number of hydrogen-bond acceptors (Lipinski definition) is 3. The molecule has 0 heterocycles. The van der Waals surface area contributed by atoms with E-state index in [0.29, 0.717) is 6.42 Å². The number of allylic oxidation sites excluding steroid dienone is 1. The Balaban J connectivity index is 0.00000450. The topological polar surface area (TPSA) is 52.3 Å². The van der Waals surface area contributed by atoms with E-state index in [0.717, 1.165) is 41.5 Å². The van der Waals surface area contributed by atoms with Crippen molar-refractivity contribution in [2.45, 2.75) is 52.0 Å². The van der Waals surface area contributed by atoms with Gasteiger partial charge in [-0.05, 0) is 86.1 Å². The molecule has 0 aliphatic heterocycles. The minimum Gasteiger partial charge on any atom is -0.466 e. The van der Waals surface area contributed by atoms with E-state index < -0.39 is 17.8 Å². The number of esters is 1. The highest BCUT2D eigenvalue weighted by molar-refractivity contribution is 5.85. The van der Waals surface area contributed by atoms with Gasteiger partial charge in [0.25, 0.3) is 0 Å². The van der Waals surface area contributed by atoms with Crippen LogP contribution in [0.4, 0.5) is 8.78 Å². The number of nitrogens with two attached hydrogens (primary N) is 1. The van der Waals surface area contributed by atoms with Crippen molar-refractivity contribution in [1.29, 1.82) is 0 Å². The minimum absolute atomic E-state index is 0. The van der Waals surface area contributed by atoms with Gasteiger partial charge in [-0.25, -0.2) is 8.78 Å². The van der Waals surface area contributed by atoms with Gasteiger partial charge < -0.3 is 10.5 Å². The Labute approximate surface area is 183 Å². The van der Waals surface area contributed by atoms with Gasteiger partial charge in [0.15, 0.2) is 0 Å². The first-order valence-corrected chi connectivity index (χ1v) is 9.98. The lowest BCUT2D eigenvalue weighted by Crippen LogP contribution is -2.18. The molecule has 2 rings (SSSR count). The molecule has 2 aromatic rings. The lowest BCUT2D eigenvalue weighted by atomic mass is 9.90. The van der Waals surface area contributed by atoms with Gasteiger partial charge in [0.05, 0.1) is 13.0 Å². The molecule has 3 nitrogen and oxygen atoms in total. The number of halogens is 3. The van der Waals surface area contributed by atoms with Gasteiger partial charge in [0, 0.05) is 11.6 Å². The van der Waals surface area contributed by atoms with Gasteiger partial charge in [-0.2, -0.15) is 0 Å². The van der Waals surface area contributed by atoms with E-state index in [-0.39, 0.29) is 36.8 Å². The maximum absolute atomic E-state index is 14.4. The van der Waals surface area contributed by atoms with E-state index in [1.54, 1.807) is 19.1 Å². The fraction of sp³-hybridized carbons (Fsp3) is 0.375. The summed E-state index contributed by atoms with van der Waals surface area (Å²) in [5, 5.41) is 0. The van der Waals surface area contributed by atoms with E-state index in [1.165, 1.54) is 18.2 Å². The average molecular weight is 438 g/mol. The van der Waals surface area contributed by atoms with E-state index in [9.17, 15) is 13.6 Å². The molecular formula is C24H30ClF2NO2. The van der Waals surface area contributed by atoms with Gasteiger partial charge in [-0.15, -0.1) is 19.0 Å². The van der Waals surface area contributed by atoms with Crippen LogP contribution in [0.15, 0.2) is 43.0 Å². The average Bonchev–Trinajstić information content (AvgIpc) is 2.65. The standard InChI is InChI=1S/C24H29F2NO2.ClH/c1-4-6-7-8-9-17-13-19(25)12-16(3)24(17)18-10-11-21(26)20(14-18)22(27)15-23(28)29-5-2;/h4,10-14,22H,1,5-9,15,27H2,2-3H3;1H/t22-;/m0./s1. The quantitative estimate of drug-likeness (QED) is 0.273. The van der Waals surface area contributed by atoms with Crippen molar-refractivity contribution in [2.75, 3.05) is 6.61 Å². The van der Waals surface area contributed by atoms with Crippen molar-refractivity contribution in [2.24, 2.45) is 5.73 Å². The summed E-state index contributed by atoms with van der Waals surface area (Å²) in [6.45, 7) is 7.52. The first-order valence-electron chi connectivity index (χ1n) is 9.98. The minimum atomic E-state index is -0.814. The van der Waals surface area contributed by atoms with Crippen LogP contribution < -0.4 is 5.73 Å². The van der Waals surface area contributed by atoms with Gasteiger partial charge in [-0.1, -0.05) is 12.1 Å². The Morgan fingerprint density at radius 2 is 1.97 bits per heavy atom. The Morgan fingerprint density at radius 1 is 1.23 bits per heavy atom. The summed E-state index contributed by atoms with van der Waals surface area (Å²) in [4.78, 5) is 11.7. The summed E-state index contributed by atoms with van der Waals surface area (Å²) in [5.74, 6) is -1.23. The van der Waals surface area contributed by atoms with Crippen molar-refractivity contribution in [1.82, 2.24) is 0 Å². The number of hydrogen-bond donors (Lipinski definition) is 1. The first-order chi connectivity index (χ1) is 13.9. The summed E-state index contributed by atoms with van der Waals surface area (Å²) in [7, 11) is 0. The molecule has 0 radical (unpaired) electrons. The van der Waals surface area contributed by atoms with Crippen molar-refractivity contribution >= 4 is 18.4 Å². The molecule has 0 aliphatic carbocycles. The van der Waals surface area contributed by atoms with Crippen molar-refractivity contribution in [3.05, 3.63) is 71.3 Å². The summed E-state index contributed by atoms with van der Waals surface area (Å²) < 4.78 is 33.4. The molecular weight excluding hydrogens is 408 g/mol. The maximum atomic E-state index is 14.4. The molecule has 0 aromatic heterocycles. The second-order valence-electron chi connectivity index (χ2n) is 7.14. The summed E-state index contributed by atoms with van der Waals surface area (Å²) in [6, 6.07) is 6.88. The highest BCUT2D eigenvalue weighted by Gasteiger charge is 2.19. The number of benzene rings is 2. The first kappa shape index (κ1) is 25.8. The van der Waals surface area contributed by atoms with Crippen LogP contribution in [0.1, 0.15) is 55.3 Å². The lowest BCUT2D eigenvalue weighted by molar-refractivity contribution is -0.143. The molecule has 0 aliphatic rings. The molecule has 6 heteroatoms. The normalized spacial score (nSPS) is 11.5. The highest BCUT2D eigenvalue weighted by Crippen LogP contribution is 2.32. The number of aryl methyl sites for hydroxylation is 2. The zero-order valence-corrected chi connectivity index (χ0v) is 18.4. The molecule has 0 saturated carbocycles. The Kier molecular flexibility index (Phi) is 10.7. The zero-order chi connectivity index (χ0) is 21.4. The molecule has 0 unspecified atom stereocenters. The van der Waals surface area contributed by atoms with Crippen LogP contribution >= 0.6 is 12.4 Å². The molecule has 0 bridgehead atoms. The van der Waals surface area contributed by atoms with Crippen LogP contribution in [0.25, 0.3) is 11.1 Å². The Hall–Kier alpha value is -2.24. The summed E-state index contributed by atoms with van der Waals surface area (Å²) in [6.07, 6.45) is 5.26. The number of carbonyl (C=O) groups excluding carboxylic acids is 1. The molecule has 0 spiro atoms. The predicted octanol–water partition coefficient (Wildman–Crippen LogP) is 6.21. The van der Waals surface area contributed by atoms with Crippen molar-refractivity contribution < 1.29 is 18.3 Å². The van der Waals surface area contributed by atoms with E-state index >= 15 is 0 Å². The molecule has 2 N–H and O–H groups in total. The molecule has 0 saturated heterocycles. The number of ether oxygens (including phenoxy) is 1. The van der Waals surface area contributed by atoms with Crippen LogP contribution in [0.3, 0.4) is 0 Å². The fourth-order valence-corrected chi connectivity index (χ4v) is 3.52. The van der Waals surface area contributed by atoms with Crippen LogP contribution in [0.2, 0.25) is 0 Å². The van der Waals surface area contributed by atoms with Crippen molar-refractivity contribution in [3.8, 4) is 11.1 Å². The highest BCUT2D eigenvalue weighted by atomic mass is 35.5.